The zero-order valence-corrected chi connectivity index (χ0v) is 12.0. The van der Waals surface area contributed by atoms with Crippen molar-refractivity contribution in [2.45, 2.75) is 45.2 Å². The second-order valence-corrected chi connectivity index (χ2v) is 4.96. The molecule has 0 saturated heterocycles. The molecule has 0 aliphatic heterocycles. The van der Waals surface area contributed by atoms with E-state index in [1.54, 1.807) is 6.20 Å². The van der Waals surface area contributed by atoms with Crippen LogP contribution in [0.5, 0.6) is 0 Å². The van der Waals surface area contributed by atoms with Gasteiger partial charge in [-0.25, -0.2) is 4.98 Å². The number of hydrogen-bond donors (Lipinski definition) is 1. The average Bonchev–Trinajstić information content (AvgIpc) is 3.00. The van der Waals surface area contributed by atoms with Crippen LogP contribution in [0.2, 0.25) is 0 Å². The molecule has 2 aromatic rings. The Kier molecular flexibility index (Phi) is 4.37. The van der Waals surface area contributed by atoms with Gasteiger partial charge in [0.05, 0.1) is 17.8 Å². The lowest BCUT2D eigenvalue weighted by Gasteiger charge is -2.13. The maximum Gasteiger partial charge on any atom is 0.125 e. The molecule has 0 aliphatic rings. The highest BCUT2D eigenvalue weighted by Gasteiger charge is 2.14. The van der Waals surface area contributed by atoms with Crippen molar-refractivity contribution in [3.63, 3.8) is 0 Å². The third kappa shape index (κ3) is 3.04. The SMILES string of the molecule is CCC(CC)n1ccc(CC(N)c2nccn2C)n1. The van der Waals surface area contributed by atoms with Crippen molar-refractivity contribution in [1.29, 1.82) is 0 Å². The standard InChI is InChI=1S/C14H23N5/c1-4-12(5-2)19-8-6-11(17-19)10-13(15)14-16-7-9-18(14)3/h6-9,12-13H,4-5,10,15H2,1-3H3. The highest BCUT2D eigenvalue weighted by molar-refractivity contribution is 5.07. The molecule has 2 rings (SSSR count). The topological polar surface area (TPSA) is 61.7 Å². The monoisotopic (exact) mass is 261 g/mol. The zero-order chi connectivity index (χ0) is 13.8. The summed E-state index contributed by atoms with van der Waals surface area (Å²) in [5.41, 5.74) is 7.22. The first-order valence-electron chi connectivity index (χ1n) is 6.92. The highest BCUT2D eigenvalue weighted by atomic mass is 15.3. The van der Waals surface area contributed by atoms with Crippen LogP contribution in [-0.2, 0) is 13.5 Å². The highest BCUT2D eigenvalue weighted by Crippen LogP contribution is 2.17. The van der Waals surface area contributed by atoms with Gasteiger partial charge in [-0.3, -0.25) is 4.68 Å². The van der Waals surface area contributed by atoms with Crippen molar-refractivity contribution in [3.8, 4) is 0 Å². The fourth-order valence-corrected chi connectivity index (χ4v) is 2.40. The molecule has 19 heavy (non-hydrogen) atoms. The first-order valence-corrected chi connectivity index (χ1v) is 6.92. The lowest BCUT2D eigenvalue weighted by atomic mass is 10.1. The van der Waals surface area contributed by atoms with Crippen LogP contribution in [0.15, 0.2) is 24.7 Å². The molecule has 1 atom stereocenters. The Morgan fingerprint density at radius 2 is 2.00 bits per heavy atom. The predicted molar refractivity (Wildman–Crippen MR) is 75.7 cm³/mol. The maximum absolute atomic E-state index is 6.19. The molecule has 0 amide bonds. The van der Waals surface area contributed by atoms with Crippen LogP contribution < -0.4 is 5.73 Å². The first kappa shape index (κ1) is 13.8. The summed E-state index contributed by atoms with van der Waals surface area (Å²) in [5, 5.41) is 4.63. The Bertz CT molecular complexity index is 509. The minimum atomic E-state index is -0.106. The minimum Gasteiger partial charge on any atom is -0.337 e. The van der Waals surface area contributed by atoms with Crippen LogP contribution in [0.4, 0.5) is 0 Å². The Morgan fingerprint density at radius 3 is 2.58 bits per heavy atom. The molecule has 2 aromatic heterocycles. The maximum atomic E-state index is 6.19. The van der Waals surface area contributed by atoms with E-state index in [-0.39, 0.29) is 6.04 Å². The van der Waals surface area contributed by atoms with E-state index in [2.05, 4.69) is 40.9 Å². The fourth-order valence-electron chi connectivity index (χ4n) is 2.40. The van der Waals surface area contributed by atoms with E-state index in [0.29, 0.717) is 6.04 Å². The van der Waals surface area contributed by atoms with E-state index < -0.39 is 0 Å². The molecule has 2 heterocycles. The van der Waals surface area contributed by atoms with Crippen LogP contribution in [0.3, 0.4) is 0 Å². The van der Waals surface area contributed by atoms with Crippen LogP contribution in [0.1, 0.15) is 50.3 Å². The van der Waals surface area contributed by atoms with E-state index in [1.165, 1.54) is 0 Å². The van der Waals surface area contributed by atoms with Crippen molar-refractivity contribution in [2.75, 3.05) is 0 Å². The van der Waals surface area contributed by atoms with Crippen LogP contribution in [0, 0.1) is 0 Å². The van der Waals surface area contributed by atoms with Gasteiger partial charge in [0, 0.05) is 32.1 Å². The van der Waals surface area contributed by atoms with Crippen LogP contribution in [-0.4, -0.2) is 19.3 Å². The van der Waals surface area contributed by atoms with Gasteiger partial charge in [-0.05, 0) is 18.9 Å². The van der Waals surface area contributed by atoms with Gasteiger partial charge in [-0.15, -0.1) is 0 Å². The molecule has 104 valence electrons. The number of nitrogens with two attached hydrogens (primary N) is 1. The average molecular weight is 261 g/mol. The van der Waals surface area contributed by atoms with E-state index in [9.17, 15) is 0 Å². The zero-order valence-electron chi connectivity index (χ0n) is 12.0. The number of nitrogens with zero attached hydrogens (tertiary/aromatic N) is 4. The molecule has 0 saturated carbocycles. The van der Waals surface area contributed by atoms with Crippen molar-refractivity contribution >= 4 is 0 Å². The molecule has 2 N–H and O–H groups in total. The fraction of sp³-hybridized carbons (Fsp3) is 0.571. The van der Waals surface area contributed by atoms with E-state index in [1.807, 2.05) is 17.8 Å². The summed E-state index contributed by atoms with van der Waals surface area (Å²) in [6.45, 7) is 4.38. The predicted octanol–water partition coefficient (Wildman–Crippen LogP) is 2.22. The largest absolute Gasteiger partial charge is 0.337 e. The Labute approximate surface area is 114 Å². The Balaban J connectivity index is 2.06. The normalized spacial score (nSPS) is 13.1. The third-order valence-corrected chi connectivity index (χ3v) is 3.60. The lowest BCUT2D eigenvalue weighted by Crippen LogP contribution is -2.18. The molecule has 0 bridgehead atoms. The van der Waals surface area contributed by atoms with Gasteiger partial charge < -0.3 is 10.3 Å². The van der Waals surface area contributed by atoms with Crippen LogP contribution >= 0.6 is 0 Å². The second-order valence-electron chi connectivity index (χ2n) is 4.96. The van der Waals surface area contributed by atoms with Gasteiger partial charge in [0.15, 0.2) is 0 Å². The summed E-state index contributed by atoms with van der Waals surface area (Å²) in [7, 11) is 1.96. The molecular formula is C14H23N5. The molecule has 0 fully saturated rings. The van der Waals surface area contributed by atoms with E-state index >= 15 is 0 Å². The summed E-state index contributed by atoms with van der Waals surface area (Å²) < 4.78 is 4.02. The van der Waals surface area contributed by atoms with Gasteiger partial charge >= 0.3 is 0 Å². The molecule has 0 aliphatic carbocycles. The van der Waals surface area contributed by atoms with Gasteiger partial charge in [0.1, 0.15) is 5.82 Å². The van der Waals surface area contributed by atoms with Gasteiger partial charge in [-0.2, -0.15) is 5.10 Å². The summed E-state index contributed by atoms with van der Waals surface area (Å²) in [4.78, 5) is 4.29. The van der Waals surface area contributed by atoms with E-state index in [4.69, 9.17) is 5.73 Å². The summed E-state index contributed by atoms with van der Waals surface area (Å²) in [6, 6.07) is 2.43. The number of imidazole rings is 1. The smallest absolute Gasteiger partial charge is 0.125 e. The quantitative estimate of drug-likeness (QED) is 0.867. The number of aromatic nitrogens is 4. The number of hydrogen-bond acceptors (Lipinski definition) is 3. The van der Waals surface area contributed by atoms with Crippen molar-refractivity contribution in [1.82, 2.24) is 19.3 Å². The minimum absolute atomic E-state index is 0.106. The van der Waals surface area contributed by atoms with Crippen molar-refractivity contribution in [2.24, 2.45) is 12.8 Å². The molecular weight excluding hydrogens is 238 g/mol. The number of rotatable bonds is 6. The lowest BCUT2D eigenvalue weighted by molar-refractivity contribution is 0.424. The van der Waals surface area contributed by atoms with Gasteiger partial charge in [0.25, 0.3) is 0 Å². The molecule has 1 unspecified atom stereocenters. The molecule has 5 heteroatoms. The van der Waals surface area contributed by atoms with Crippen molar-refractivity contribution in [3.05, 3.63) is 36.2 Å². The number of aryl methyl sites for hydroxylation is 1. The Hall–Kier alpha value is -1.62. The molecule has 0 radical (unpaired) electrons. The van der Waals surface area contributed by atoms with Gasteiger partial charge in [0.2, 0.25) is 0 Å². The molecule has 0 spiro atoms. The van der Waals surface area contributed by atoms with E-state index in [0.717, 1.165) is 30.8 Å². The first-order chi connectivity index (χ1) is 9.15. The summed E-state index contributed by atoms with van der Waals surface area (Å²) in [5.74, 6) is 0.900. The molecule has 5 nitrogen and oxygen atoms in total. The van der Waals surface area contributed by atoms with Gasteiger partial charge in [-0.1, -0.05) is 13.8 Å². The van der Waals surface area contributed by atoms with Crippen LogP contribution in [0.25, 0.3) is 0 Å². The molecule has 0 aromatic carbocycles. The van der Waals surface area contributed by atoms with Crippen molar-refractivity contribution < 1.29 is 0 Å². The summed E-state index contributed by atoms with van der Waals surface area (Å²) >= 11 is 0. The third-order valence-electron chi connectivity index (χ3n) is 3.60. The Morgan fingerprint density at radius 1 is 1.26 bits per heavy atom. The summed E-state index contributed by atoms with van der Waals surface area (Å²) in [6.07, 6.45) is 8.66. The second kappa shape index (κ2) is 6.02.